The highest BCUT2D eigenvalue weighted by molar-refractivity contribution is 5.95. The zero-order chi connectivity index (χ0) is 40.8. The Hall–Kier alpha value is -5.70. The Balaban J connectivity index is 1.61. The molecule has 0 unspecified atom stereocenters. The summed E-state index contributed by atoms with van der Waals surface area (Å²) < 4.78 is 30.7. The van der Waals surface area contributed by atoms with E-state index in [1.54, 1.807) is 62.4 Å². The number of rotatable bonds is 8. The summed E-state index contributed by atoms with van der Waals surface area (Å²) >= 11 is 0. The van der Waals surface area contributed by atoms with Gasteiger partial charge in [0.15, 0.2) is 11.5 Å². The van der Waals surface area contributed by atoms with Gasteiger partial charge in [-0.3, -0.25) is 24.0 Å². The lowest BCUT2D eigenvalue weighted by Gasteiger charge is -2.28. The van der Waals surface area contributed by atoms with E-state index in [9.17, 15) is 33.5 Å². The number of methoxy groups -OCH3 is 2. The molecule has 0 saturated carbocycles. The van der Waals surface area contributed by atoms with E-state index in [1.165, 1.54) is 38.2 Å². The van der Waals surface area contributed by atoms with Gasteiger partial charge in [-0.2, -0.15) is 0 Å². The molecule has 0 spiro atoms. The average Bonchev–Trinajstić information content (AvgIpc) is 3.17. The summed E-state index contributed by atoms with van der Waals surface area (Å²) in [7, 11) is 2.94. The minimum atomic E-state index is -1.44. The van der Waals surface area contributed by atoms with Gasteiger partial charge in [-0.25, -0.2) is 4.39 Å². The summed E-state index contributed by atoms with van der Waals surface area (Å²) in [4.78, 5) is 68.7. The number of aryl methyl sites for hydroxylation is 1. The predicted octanol–water partition coefficient (Wildman–Crippen LogP) is 3.63. The Bertz CT molecular complexity index is 1840. The predicted molar refractivity (Wildman–Crippen MR) is 206 cm³/mol. The topological polar surface area (TPSA) is 185 Å². The van der Waals surface area contributed by atoms with E-state index < -0.39 is 48.4 Å². The average molecular weight is 778 g/mol. The molecule has 3 atom stereocenters. The van der Waals surface area contributed by atoms with Crippen molar-refractivity contribution in [3.05, 3.63) is 83.2 Å². The van der Waals surface area contributed by atoms with Gasteiger partial charge in [0, 0.05) is 25.1 Å². The van der Waals surface area contributed by atoms with E-state index in [-0.39, 0.29) is 49.4 Å². The summed E-state index contributed by atoms with van der Waals surface area (Å²) in [6, 6.07) is 13.3. The lowest BCUT2D eigenvalue weighted by atomic mass is 10.0. The van der Waals surface area contributed by atoms with Gasteiger partial charge in [-0.1, -0.05) is 32.0 Å². The van der Waals surface area contributed by atoms with Gasteiger partial charge < -0.3 is 45.5 Å². The van der Waals surface area contributed by atoms with Crippen LogP contribution in [-0.2, 0) is 32.1 Å². The third-order valence-electron chi connectivity index (χ3n) is 9.32. The van der Waals surface area contributed by atoms with Crippen LogP contribution in [0.25, 0.3) is 0 Å². The second kappa shape index (κ2) is 20.8. The number of aliphatic hydroxyl groups is 1. The molecule has 5 N–H and O–H groups in total. The van der Waals surface area contributed by atoms with E-state index in [0.29, 0.717) is 54.1 Å². The molecule has 4 rings (SSSR count). The second-order valence-electron chi connectivity index (χ2n) is 13.9. The number of fused-ring (bicyclic) bond motifs is 3. The van der Waals surface area contributed by atoms with Crippen LogP contribution in [0.2, 0.25) is 0 Å². The van der Waals surface area contributed by atoms with E-state index in [1.807, 2.05) is 0 Å². The summed E-state index contributed by atoms with van der Waals surface area (Å²) in [6.45, 7) is 4.76. The Morgan fingerprint density at radius 1 is 0.893 bits per heavy atom. The Kier molecular flexibility index (Phi) is 16.0. The van der Waals surface area contributed by atoms with E-state index in [2.05, 4.69) is 21.3 Å². The molecule has 56 heavy (non-hydrogen) atoms. The molecule has 0 aromatic heterocycles. The maximum absolute atomic E-state index is 13.6. The molecule has 0 aliphatic carbocycles. The number of aliphatic hydroxyl groups excluding tert-OH is 1. The van der Waals surface area contributed by atoms with Gasteiger partial charge in [0.05, 0.1) is 39.0 Å². The van der Waals surface area contributed by atoms with Crippen molar-refractivity contribution in [3.63, 3.8) is 0 Å². The smallest absolute Gasteiger partial charge is 0.251 e. The zero-order valence-corrected chi connectivity index (χ0v) is 32.5. The Morgan fingerprint density at radius 2 is 1.62 bits per heavy atom. The number of carbonyl (C=O) groups excluding carboxylic acids is 5. The van der Waals surface area contributed by atoms with Crippen LogP contribution in [0.15, 0.2) is 60.7 Å². The van der Waals surface area contributed by atoms with Crippen molar-refractivity contribution < 1.29 is 47.7 Å². The quantitative estimate of drug-likeness (QED) is 0.228. The molecule has 1 heterocycles. The molecule has 302 valence electrons. The van der Waals surface area contributed by atoms with Crippen LogP contribution in [0.5, 0.6) is 23.0 Å². The first-order valence-corrected chi connectivity index (χ1v) is 18.7. The highest BCUT2D eigenvalue weighted by Gasteiger charge is 2.32. The molecule has 14 nitrogen and oxygen atoms in total. The minimum absolute atomic E-state index is 0.0793. The molecule has 3 aromatic carbocycles. The van der Waals surface area contributed by atoms with Crippen molar-refractivity contribution in [2.24, 2.45) is 5.92 Å². The monoisotopic (exact) mass is 777 g/mol. The maximum atomic E-state index is 13.6. The number of nitrogens with one attached hydrogen (secondary N) is 4. The van der Waals surface area contributed by atoms with Crippen LogP contribution in [0, 0.1) is 11.7 Å². The van der Waals surface area contributed by atoms with Crippen molar-refractivity contribution in [3.8, 4) is 23.0 Å². The summed E-state index contributed by atoms with van der Waals surface area (Å²) in [5, 5.41) is 21.5. The minimum Gasteiger partial charge on any atom is -0.496 e. The molecule has 0 radical (unpaired) electrons. The van der Waals surface area contributed by atoms with Crippen molar-refractivity contribution in [1.82, 2.24) is 26.2 Å². The number of hydrogen-bond donors (Lipinski definition) is 5. The number of benzene rings is 3. The van der Waals surface area contributed by atoms with Crippen LogP contribution in [-0.4, -0.2) is 91.6 Å². The molecular weight excluding hydrogens is 725 g/mol. The summed E-state index contributed by atoms with van der Waals surface area (Å²) in [5.74, 6) is -2.16. The van der Waals surface area contributed by atoms with Gasteiger partial charge in [-0.15, -0.1) is 0 Å². The number of ether oxygens (including phenoxy) is 3. The van der Waals surface area contributed by atoms with E-state index in [0.717, 1.165) is 5.56 Å². The Labute approximate surface area is 326 Å². The number of hydrogen-bond acceptors (Lipinski definition) is 9. The molecule has 0 fully saturated rings. The molecule has 15 heteroatoms. The van der Waals surface area contributed by atoms with Gasteiger partial charge in [0.25, 0.3) is 5.91 Å². The van der Waals surface area contributed by atoms with Gasteiger partial charge >= 0.3 is 0 Å². The maximum Gasteiger partial charge on any atom is 0.251 e. The highest BCUT2D eigenvalue weighted by Crippen LogP contribution is 2.37. The number of nitrogens with zero attached hydrogens (tertiary/aromatic N) is 1. The first-order valence-electron chi connectivity index (χ1n) is 18.7. The fourth-order valence-corrected chi connectivity index (χ4v) is 6.16. The molecule has 5 amide bonds. The van der Waals surface area contributed by atoms with E-state index in [4.69, 9.17) is 14.2 Å². The van der Waals surface area contributed by atoms with Gasteiger partial charge in [-0.05, 0) is 86.6 Å². The summed E-state index contributed by atoms with van der Waals surface area (Å²) in [6.07, 6.45) is 0.612. The van der Waals surface area contributed by atoms with E-state index >= 15 is 0 Å². The zero-order valence-electron chi connectivity index (χ0n) is 32.5. The molecule has 0 saturated heterocycles. The van der Waals surface area contributed by atoms with Gasteiger partial charge in [0.2, 0.25) is 23.6 Å². The lowest BCUT2D eigenvalue weighted by Crippen LogP contribution is -2.59. The number of carbonyl (C=O) groups is 5. The van der Waals surface area contributed by atoms with Crippen molar-refractivity contribution in [2.75, 3.05) is 33.9 Å². The first kappa shape index (κ1) is 43.0. The van der Waals surface area contributed by atoms with Crippen LogP contribution in [0.3, 0.4) is 0 Å². The highest BCUT2D eigenvalue weighted by atomic mass is 19.1. The van der Waals surface area contributed by atoms with Crippen molar-refractivity contribution in [1.29, 1.82) is 0 Å². The fraction of sp³-hybridized carbons (Fsp3) is 0.439. The van der Waals surface area contributed by atoms with Gasteiger partial charge in [0.1, 0.15) is 29.4 Å². The SMILES string of the molecule is COc1ccc2cc1Oc1cccc(OC)c1CNC(=O)[C@@H](C(C)C)NC(=O)[C@H]([C@@H](C)O)NC(=O)CN(C(=O)CCCc1ccc(F)cc1)CCCCNC2=O. The first-order chi connectivity index (χ1) is 26.8. The third-order valence-corrected chi connectivity index (χ3v) is 9.32. The normalized spacial score (nSPS) is 18.3. The lowest BCUT2D eigenvalue weighted by molar-refractivity contribution is -0.138. The van der Waals surface area contributed by atoms with Crippen molar-refractivity contribution >= 4 is 29.5 Å². The number of halogens is 1. The van der Waals surface area contributed by atoms with Crippen LogP contribution >= 0.6 is 0 Å². The largest absolute Gasteiger partial charge is 0.496 e. The molecule has 2 bridgehead atoms. The molecule has 1 aliphatic heterocycles. The summed E-state index contributed by atoms with van der Waals surface area (Å²) in [5.41, 5.74) is 1.63. The Morgan fingerprint density at radius 3 is 2.30 bits per heavy atom. The second-order valence-corrected chi connectivity index (χ2v) is 13.9. The standard InChI is InChI=1S/C41H52FN5O9/c1-25(2)37-40(52)44-23-30-31(54-4)11-9-12-32(30)56-34-22-28(16-19-33(34)55-5)39(51)43-20-6-7-21-47(24-35(49)45-38(26(3)48)41(53)46-37)36(50)13-8-10-27-14-17-29(42)18-15-27/h9,11-12,14-19,22,25-26,37-38,48H,6-8,10,13,20-21,23-24H2,1-5H3,(H,43,51)(H,44,52)(H,45,49)(H,46,53)/t26-,37-,38+/m1/s1. The number of amides is 5. The van der Waals surface area contributed by atoms with Crippen molar-refractivity contribution in [2.45, 2.75) is 77.6 Å². The van der Waals surface area contributed by atoms with Crippen LogP contribution in [0.4, 0.5) is 4.39 Å². The third kappa shape index (κ3) is 12.2. The molecule has 3 aromatic rings. The van der Waals surface area contributed by atoms with Crippen LogP contribution < -0.4 is 35.5 Å². The van der Waals surface area contributed by atoms with Crippen LogP contribution in [0.1, 0.15) is 67.9 Å². The molecule has 1 aliphatic rings. The fourth-order valence-electron chi connectivity index (χ4n) is 6.16. The molecular formula is C41H52FN5O9.